The number of thiazole rings is 1. The number of aromatic nitrogens is 1. The fourth-order valence-electron chi connectivity index (χ4n) is 3.16. The van der Waals surface area contributed by atoms with Gasteiger partial charge in [-0.1, -0.05) is 0 Å². The van der Waals surface area contributed by atoms with Gasteiger partial charge in [-0.15, -0.1) is 11.3 Å². The molecule has 1 saturated heterocycles. The second-order valence-corrected chi connectivity index (χ2v) is 7.59. The van der Waals surface area contributed by atoms with Gasteiger partial charge in [0.15, 0.2) is 5.96 Å². The molecule has 1 unspecified atom stereocenters. The number of aryl methyl sites for hydroxylation is 1. The molecule has 1 atom stereocenters. The Kier molecular flexibility index (Phi) is 6.47. The molecule has 6 nitrogen and oxygen atoms in total. The summed E-state index contributed by atoms with van der Waals surface area (Å²) in [6.45, 7) is 5.94. The van der Waals surface area contributed by atoms with Crippen molar-refractivity contribution in [1.29, 1.82) is 0 Å². The van der Waals surface area contributed by atoms with Crippen LogP contribution in [0, 0.1) is 6.92 Å². The number of nitrogens with zero attached hydrogens (tertiary/aromatic N) is 3. The van der Waals surface area contributed by atoms with Gasteiger partial charge in [0, 0.05) is 37.6 Å². The highest BCUT2D eigenvalue weighted by atomic mass is 32.1. The van der Waals surface area contributed by atoms with Gasteiger partial charge in [0.25, 0.3) is 0 Å². The van der Waals surface area contributed by atoms with Gasteiger partial charge in [-0.2, -0.15) is 0 Å². The van der Waals surface area contributed by atoms with E-state index >= 15 is 0 Å². The molecule has 1 aliphatic heterocycles. The Bertz CT molecular complexity index is 661. The van der Waals surface area contributed by atoms with E-state index in [4.69, 9.17) is 4.42 Å². The van der Waals surface area contributed by atoms with E-state index in [0.717, 1.165) is 49.3 Å². The fourth-order valence-corrected chi connectivity index (χ4v) is 3.95. The van der Waals surface area contributed by atoms with Crippen LogP contribution in [-0.2, 0) is 6.42 Å². The summed E-state index contributed by atoms with van der Waals surface area (Å²) in [5, 5.41) is 7.98. The zero-order valence-electron chi connectivity index (χ0n) is 15.0. The van der Waals surface area contributed by atoms with Crippen LogP contribution >= 0.6 is 11.3 Å². The summed E-state index contributed by atoms with van der Waals surface area (Å²) in [5.41, 5.74) is 0. The minimum absolute atomic E-state index is 0.248. The number of likely N-dealkylation sites (tertiary alicyclic amines) is 1. The summed E-state index contributed by atoms with van der Waals surface area (Å²) in [7, 11) is 1.81. The smallest absolute Gasteiger partial charge is 0.191 e. The van der Waals surface area contributed by atoms with Crippen LogP contribution < -0.4 is 10.6 Å². The van der Waals surface area contributed by atoms with Crippen LogP contribution in [0.25, 0.3) is 0 Å². The zero-order chi connectivity index (χ0) is 17.5. The van der Waals surface area contributed by atoms with E-state index in [9.17, 15) is 0 Å². The lowest BCUT2D eigenvalue weighted by atomic mass is 10.2. The summed E-state index contributed by atoms with van der Waals surface area (Å²) in [5.74, 6) is 1.84. The highest BCUT2D eigenvalue weighted by molar-refractivity contribution is 7.11. The molecule has 0 spiro atoms. The molecule has 3 heterocycles. The molecular formula is C18H27N5OS. The first-order valence-corrected chi connectivity index (χ1v) is 9.71. The summed E-state index contributed by atoms with van der Waals surface area (Å²) < 4.78 is 5.67. The van der Waals surface area contributed by atoms with Crippen LogP contribution in [0.3, 0.4) is 0 Å². The van der Waals surface area contributed by atoms with E-state index in [1.54, 1.807) is 24.6 Å². The van der Waals surface area contributed by atoms with Crippen molar-refractivity contribution >= 4 is 17.3 Å². The molecule has 7 heteroatoms. The van der Waals surface area contributed by atoms with Crippen molar-refractivity contribution in [3.05, 3.63) is 40.2 Å². The van der Waals surface area contributed by atoms with Gasteiger partial charge in [0.05, 0.1) is 17.3 Å². The third-order valence-corrected chi connectivity index (χ3v) is 5.41. The van der Waals surface area contributed by atoms with Crippen LogP contribution in [0.4, 0.5) is 0 Å². The topological polar surface area (TPSA) is 65.7 Å². The van der Waals surface area contributed by atoms with Crippen LogP contribution in [0.15, 0.2) is 34.0 Å². The summed E-state index contributed by atoms with van der Waals surface area (Å²) in [4.78, 5) is 12.5. The first-order chi connectivity index (χ1) is 12.3. The second-order valence-electron chi connectivity index (χ2n) is 6.27. The maximum atomic E-state index is 5.67. The van der Waals surface area contributed by atoms with Crippen LogP contribution in [0.1, 0.15) is 34.5 Å². The van der Waals surface area contributed by atoms with E-state index in [1.807, 2.05) is 12.3 Å². The maximum absolute atomic E-state index is 5.67. The number of rotatable bonds is 7. The average molecular weight is 362 g/mol. The van der Waals surface area contributed by atoms with Gasteiger partial charge in [0.2, 0.25) is 0 Å². The van der Waals surface area contributed by atoms with Crippen molar-refractivity contribution in [2.24, 2.45) is 4.99 Å². The molecule has 1 aliphatic rings. The first-order valence-electron chi connectivity index (χ1n) is 8.89. The Balaban J connectivity index is 1.50. The van der Waals surface area contributed by atoms with E-state index < -0.39 is 0 Å². The van der Waals surface area contributed by atoms with Crippen LogP contribution in [0.5, 0.6) is 0 Å². The standard InChI is InChI=1S/C18H27N5OS/c1-14-12-21-17(25-14)7-8-20-18(19-2)22-13-15(16-6-5-11-24-16)23-9-3-4-10-23/h5-6,11-12,15H,3-4,7-10,13H2,1-2H3,(H2,19,20,22). The molecule has 2 aromatic heterocycles. The molecule has 0 aromatic carbocycles. The Morgan fingerprint density at radius 3 is 2.88 bits per heavy atom. The minimum Gasteiger partial charge on any atom is -0.468 e. The van der Waals surface area contributed by atoms with Crippen molar-refractivity contribution in [1.82, 2.24) is 20.5 Å². The Hall–Kier alpha value is -1.86. The normalized spacial score (nSPS) is 17.0. The van der Waals surface area contributed by atoms with E-state index in [0.29, 0.717) is 0 Å². The molecule has 25 heavy (non-hydrogen) atoms. The molecule has 0 amide bonds. The van der Waals surface area contributed by atoms with Gasteiger partial charge in [-0.3, -0.25) is 9.89 Å². The molecule has 1 fully saturated rings. The van der Waals surface area contributed by atoms with Gasteiger partial charge < -0.3 is 15.1 Å². The molecule has 0 aliphatic carbocycles. The highest BCUT2D eigenvalue weighted by Crippen LogP contribution is 2.24. The Morgan fingerprint density at radius 2 is 2.24 bits per heavy atom. The van der Waals surface area contributed by atoms with E-state index in [-0.39, 0.29) is 6.04 Å². The van der Waals surface area contributed by atoms with Gasteiger partial charge >= 0.3 is 0 Å². The number of aliphatic imine (C=N–C) groups is 1. The van der Waals surface area contributed by atoms with E-state index in [2.05, 4.69) is 38.5 Å². The SMILES string of the molecule is CN=C(NCCc1ncc(C)s1)NCC(c1ccco1)N1CCCC1. The second kappa shape index (κ2) is 9.01. The zero-order valence-corrected chi connectivity index (χ0v) is 15.8. The monoisotopic (exact) mass is 361 g/mol. The quantitative estimate of drug-likeness (QED) is 0.586. The number of furan rings is 1. The lowest BCUT2D eigenvalue weighted by Crippen LogP contribution is -2.43. The molecular weight excluding hydrogens is 334 g/mol. The molecule has 0 saturated carbocycles. The predicted molar refractivity (Wildman–Crippen MR) is 102 cm³/mol. The van der Waals surface area contributed by atoms with Crippen LogP contribution in [0.2, 0.25) is 0 Å². The summed E-state index contributed by atoms with van der Waals surface area (Å²) in [6, 6.07) is 4.27. The molecule has 3 rings (SSSR count). The summed E-state index contributed by atoms with van der Waals surface area (Å²) in [6.07, 6.45) is 7.11. The van der Waals surface area contributed by atoms with E-state index in [1.165, 1.54) is 17.7 Å². The third kappa shape index (κ3) is 5.06. The Labute approximate surface area is 153 Å². The minimum atomic E-state index is 0.248. The Morgan fingerprint density at radius 1 is 1.40 bits per heavy atom. The fraction of sp³-hybridized carbons (Fsp3) is 0.556. The van der Waals surface area contributed by atoms with Crippen molar-refractivity contribution in [3.63, 3.8) is 0 Å². The van der Waals surface area contributed by atoms with Crippen molar-refractivity contribution in [2.75, 3.05) is 33.2 Å². The lowest BCUT2D eigenvalue weighted by molar-refractivity contribution is 0.215. The molecule has 136 valence electrons. The van der Waals surface area contributed by atoms with Gasteiger partial charge in [-0.05, 0) is 45.0 Å². The van der Waals surface area contributed by atoms with Crippen molar-refractivity contribution in [2.45, 2.75) is 32.2 Å². The average Bonchev–Trinajstić information content (AvgIpc) is 3.37. The van der Waals surface area contributed by atoms with Crippen molar-refractivity contribution in [3.8, 4) is 0 Å². The van der Waals surface area contributed by atoms with Gasteiger partial charge in [0.1, 0.15) is 5.76 Å². The number of nitrogens with one attached hydrogen (secondary N) is 2. The lowest BCUT2D eigenvalue weighted by Gasteiger charge is -2.26. The molecule has 0 bridgehead atoms. The van der Waals surface area contributed by atoms with Gasteiger partial charge in [-0.25, -0.2) is 4.98 Å². The highest BCUT2D eigenvalue weighted by Gasteiger charge is 2.25. The molecule has 2 aromatic rings. The van der Waals surface area contributed by atoms with Crippen LogP contribution in [-0.4, -0.2) is 49.1 Å². The largest absolute Gasteiger partial charge is 0.468 e. The number of hydrogen-bond acceptors (Lipinski definition) is 5. The number of hydrogen-bond donors (Lipinski definition) is 2. The third-order valence-electron chi connectivity index (χ3n) is 4.44. The van der Waals surface area contributed by atoms with Crippen molar-refractivity contribution < 1.29 is 4.42 Å². The predicted octanol–water partition coefficient (Wildman–Crippen LogP) is 2.59. The number of guanidine groups is 1. The maximum Gasteiger partial charge on any atom is 0.191 e. The molecule has 0 radical (unpaired) electrons. The summed E-state index contributed by atoms with van der Waals surface area (Å²) >= 11 is 1.75. The first kappa shape index (κ1) is 17.9. The molecule has 2 N–H and O–H groups in total.